The standard InChI is InChI=1S/C14H18F2N2O/c1-2-10(5-9-6-14(17)18-8-9)19-11-3-4-12(15)13(16)7-11/h3-4,6-7,9-10,18H,2,5,8,17H2,1H3/t9-,10-/m0/s1. The van der Waals surface area contributed by atoms with Crippen molar-refractivity contribution in [3.63, 3.8) is 0 Å². The van der Waals surface area contributed by atoms with Crippen molar-refractivity contribution in [1.29, 1.82) is 0 Å². The maximum Gasteiger partial charge on any atom is 0.162 e. The Morgan fingerprint density at radius 3 is 2.79 bits per heavy atom. The number of nitrogens with one attached hydrogen (secondary N) is 1. The fraction of sp³-hybridized carbons (Fsp3) is 0.429. The zero-order valence-electron chi connectivity index (χ0n) is 10.8. The molecule has 2 atom stereocenters. The lowest BCUT2D eigenvalue weighted by molar-refractivity contribution is 0.172. The summed E-state index contributed by atoms with van der Waals surface area (Å²) in [4.78, 5) is 0. The number of hydrogen-bond acceptors (Lipinski definition) is 3. The predicted molar refractivity (Wildman–Crippen MR) is 69.4 cm³/mol. The molecular formula is C14H18F2N2O. The molecule has 3 nitrogen and oxygen atoms in total. The predicted octanol–water partition coefficient (Wildman–Crippen LogP) is 2.53. The van der Waals surface area contributed by atoms with E-state index in [9.17, 15) is 8.78 Å². The van der Waals surface area contributed by atoms with Gasteiger partial charge in [-0.15, -0.1) is 0 Å². The van der Waals surface area contributed by atoms with E-state index in [0.29, 0.717) is 17.5 Å². The second-order valence-electron chi connectivity index (χ2n) is 4.72. The average molecular weight is 268 g/mol. The van der Waals surface area contributed by atoms with Crippen molar-refractivity contribution in [2.75, 3.05) is 6.54 Å². The summed E-state index contributed by atoms with van der Waals surface area (Å²) in [5.41, 5.74) is 5.65. The molecule has 1 aromatic rings. The van der Waals surface area contributed by atoms with E-state index in [-0.39, 0.29) is 6.10 Å². The third kappa shape index (κ3) is 3.59. The van der Waals surface area contributed by atoms with Crippen LogP contribution in [0.4, 0.5) is 8.78 Å². The normalized spacial score (nSPS) is 19.7. The van der Waals surface area contributed by atoms with Gasteiger partial charge in [0.1, 0.15) is 5.75 Å². The van der Waals surface area contributed by atoms with Crippen molar-refractivity contribution in [2.24, 2.45) is 11.7 Å². The topological polar surface area (TPSA) is 47.3 Å². The SMILES string of the molecule is CC[C@@H](C[C@H]1C=C(N)NC1)Oc1ccc(F)c(F)c1. The summed E-state index contributed by atoms with van der Waals surface area (Å²) < 4.78 is 31.6. The van der Waals surface area contributed by atoms with E-state index in [2.05, 4.69) is 5.32 Å². The van der Waals surface area contributed by atoms with Crippen LogP contribution in [0.5, 0.6) is 5.75 Å². The summed E-state index contributed by atoms with van der Waals surface area (Å²) in [6.07, 6.45) is 3.52. The second-order valence-corrected chi connectivity index (χ2v) is 4.72. The maximum atomic E-state index is 13.1. The molecule has 0 amide bonds. The van der Waals surface area contributed by atoms with E-state index in [1.165, 1.54) is 6.07 Å². The Hall–Kier alpha value is -1.78. The van der Waals surface area contributed by atoms with Gasteiger partial charge in [-0.25, -0.2) is 8.78 Å². The van der Waals surface area contributed by atoms with E-state index >= 15 is 0 Å². The summed E-state index contributed by atoms with van der Waals surface area (Å²) in [5.74, 6) is -0.397. The lowest BCUT2D eigenvalue weighted by Gasteiger charge is -2.20. The molecule has 104 valence electrons. The quantitative estimate of drug-likeness (QED) is 0.862. The van der Waals surface area contributed by atoms with Crippen LogP contribution >= 0.6 is 0 Å². The minimum Gasteiger partial charge on any atom is -0.490 e. The number of nitrogens with two attached hydrogens (primary N) is 1. The van der Waals surface area contributed by atoms with Gasteiger partial charge in [0.25, 0.3) is 0 Å². The highest BCUT2D eigenvalue weighted by Gasteiger charge is 2.19. The lowest BCUT2D eigenvalue weighted by atomic mass is 10.0. The summed E-state index contributed by atoms with van der Waals surface area (Å²) in [6.45, 7) is 2.80. The minimum atomic E-state index is -0.890. The monoisotopic (exact) mass is 268 g/mol. The van der Waals surface area contributed by atoms with Crippen molar-refractivity contribution < 1.29 is 13.5 Å². The molecular weight excluding hydrogens is 250 g/mol. The highest BCUT2D eigenvalue weighted by molar-refractivity contribution is 5.24. The summed E-state index contributed by atoms with van der Waals surface area (Å²) in [6, 6.07) is 3.60. The third-order valence-electron chi connectivity index (χ3n) is 3.20. The molecule has 1 aliphatic rings. The van der Waals surface area contributed by atoms with Gasteiger partial charge in [-0.1, -0.05) is 6.92 Å². The van der Waals surface area contributed by atoms with Crippen LogP contribution in [-0.4, -0.2) is 12.6 Å². The highest BCUT2D eigenvalue weighted by atomic mass is 19.2. The van der Waals surface area contributed by atoms with Crippen molar-refractivity contribution in [2.45, 2.75) is 25.9 Å². The molecule has 0 spiro atoms. The molecule has 5 heteroatoms. The van der Waals surface area contributed by atoms with Gasteiger partial charge in [-0.2, -0.15) is 0 Å². The Kier molecular flexibility index (Phi) is 4.24. The zero-order chi connectivity index (χ0) is 13.8. The summed E-state index contributed by atoms with van der Waals surface area (Å²) in [5, 5.41) is 3.05. The average Bonchev–Trinajstić information content (AvgIpc) is 2.78. The summed E-state index contributed by atoms with van der Waals surface area (Å²) >= 11 is 0. The van der Waals surface area contributed by atoms with Gasteiger partial charge in [0.2, 0.25) is 0 Å². The summed E-state index contributed by atoms with van der Waals surface area (Å²) in [7, 11) is 0. The molecule has 0 radical (unpaired) electrons. The first kappa shape index (κ1) is 13.6. The first-order valence-corrected chi connectivity index (χ1v) is 6.41. The molecule has 0 fully saturated rings. The first-order valence-electron chi connectivity index (χ1n) is 6.41. The maximum absolute atomic E-state index is 13.1. The van der Waals surface area contributed by atoms with Crippen molar-refractivity contribution >= 4 is 0 Å². The number of benzene rings is 1. The van der Waals surface area contributed by atoms with Crippen molar-refractivity contribution in [3.05, 3.63) is 41.7 Å². The van der Waals surface area contributed by atoms with Crippen LogP contribution in [0.3, 0.4) is 0 Å². The molecule has 0 aliphatic carbocycles. The smallest absolute Gasteiger partial charge is 0.162 e. The van der Waals surface area contributed by atoms with Crippen LogP contribution in [-0.2, 0) is 0 Å². The molecule has 1 aromatic carbocycles. The number of ether oxygens (including phenoxy) is 1. The van der Waals surface area contributed by atoms with E-state index in [1.807, 2.05) is 13.0 Å². The molecule has 2 rings (SSSR count). The van der Waals surface area contributed by atoms with E-state index in [4.69, 9.17) is 10.5 Å². The molecule has 0 saturated carbocycles. The van der Waals surface area contributed by atoms with Gasteiger partial charge in [-0.3, -0.25) is 0 Å². The Balaban J connectivity index is 1.96. The van der Waals surface area contributed by atoms with Gasteiger partial charge in [-0.05, 0) is 31.1 Å². The Labute approximate surface area is 111 Å². The Bertz CT molecular complexity index is 477. The molecule has 1 heterocycles. The highest BCUT2D eigenvalue weighted by Crippen LogP contribution is 2.22. The van der Waals surface area contributed by atoms with Crippen LogP contribution in [0, 0.1) is 17.6 Å². The third-order valence-corrected chi connectivity index (χ3v) is 3.20. The van der Waals surface area contributed by atoms with Crippen LogP contribution in [0.25, 0.3) is 0 Å². The molecule has 0 saturated heterocycles. The molecule has 19 heavy (non-hydrogen) atoms. The fourth-order valence-electron chi connectivity index (χ4n) is 2.15. The number of rotatable bonds is 5. The van der Waals surface area contributed by atoms with E-state index in [1.54, 1.807) is 0 Å². The van der Waals surface area contributed by atoms with Crippen LogP contribution in [0.2, 0.25) is 0 Å². The molecule has 1 aliphatic heterocycles. The lowest BCUT2D eigenvalue weighted by Crippen LogP contribution is -2.22. The van der Waals surface area contributed by atoms with Crippen LogP contribution in [0.15, 0.2) is 30.1 Å². The van der Waals surface area contributed by atoms with E-state index < -0.39 is 11.6 Å². The Morgan fingerprint density at radius 1 is 1.42 bits per heavy atom. The Morgan fingerprint density at radius 2 is 2.21 bits per heavy atom. The van der Waals surface area contributed by atoms with Gasteiger partial charge in [0, 0.05) is 18.5 Å². The van der Waals surface area contributed by atoms with Crippen LogP contribution in [0.1, 0.15) is 19.8 Å². The zero-order valence-corrected chi connectivity index (χ0v) is 10.8. The molecule has 0 bridgehead atoms. The largest absolute Gasteiger partial charge is 0.490 e. The molecule has 0 unspecified atom stereocenters. The molecule has 3 N–H and O–H groups in total. The second kappa shape index (κ2) is 5.91. The fourth-order valence-corrected chi connectivity index (χ4v) is 2.15. The van der Waals surface area contributed by atoms with Gasteiger partial charge < -0.3 is 15.8 Å². The first-order chi connectivity index (χ1) is 9.08. The van der Waals surface area contributed by atoms with E-state index in [0.717, 1.165) is 31.5 Å². The van der Waals surface area contributed by atoms with Gasteiger partial charge >= 0.3 is 0 Å². The van der Waals surface area contributed by atoms with Crippen LogP contribution < -0.4 is 15.8 Å². The number of hydrogen-bond donors (Lipinski definition) is 2. The van der Waals surface area contributed by atoms with Crippen molar-refractivity contribution in [3.8, 4) is 5.75 Å². The van der Waals surface area contributed by atoms with Gasteiger partial charge in [0.05, 0.1) is 11.9 Å². The number of halogens is 2. The minimum absolute atomic E-state index is 0.0428. The van der Waals surface area contributed by atoms with Crippen molar-refractivity contribution in [1.82, 2.24) is 5.32 Å². The van der Waals surface area contributed by atoms with Gasteiger partial charge in [0.15, 0.2) is 11.6 Å². The molecule has 0 aromatic heterocycles.